The minimum Gasteiger partial charge on any atom is -0.459 e. The lowest BCUT2D eigenvalue weighted by atomic mass is 10.2. The first kappa shape index (κ1) is 16.7. The van der Waals surface area contributed by atoms with Gasteiger partial charge in [0, 0.05) is 22.0 Å². The van der Waals surface area contributed by atoms with Crippen LogP contribution >= 0.6 is 23.1 Å². The second kappa shape index (κ2) is 7.19. The molecule has 0 N–H and O–H groups in total. The number of hydrogen-bond acceptors (Lipinski definition) is 6. The summed E-state index contributed by atoms with van der Waals surface area (Å²) in [5.41, 5.74) is 1.48. The van der Waals surface area contributed by atoms with Crippen LogP contribution in [0.3, 0.4) is 0 Å². The second-order valence-corrected chi connectivity index (χ2v) is 7.60. The van der Waals surface area contributed by atoms with Crippen molar-refractivity contribution in [3.05, 3.63) is 63.0 Å². The Labute approximate surface area is 147 Å². The normalized spacial score (nSPS) is 10.9. The number of aryl methyl sites for hydroxylation is 2. The number of carbonyl (C=O) groups is 1. The van der Waals surface area contributed by atoms with Gasteiger partial charge in [-0.05, 0) is 26.0 Å². The zero-order chi connectivity index (χ0) is 17.1. The van der Waals surface area contributed by atoms with E-state index in [0.717, 1.165) is 9.77 Å². The minimum absolute atomic E-state index is 0.00990. The first-order valence-corrected chi connectivity index (χ1v) is 9.15. The predicted octanol–water partition coefficient (Wildman–Crippen LogP) is 3.21. The lowest BCUT2D eigenvalue weighted by molar-refractivity contribution is -0.141. The van der Waals surface area contributed by atoms with Gasteiger partial charge >= 0.3 is 5.97 Å². The average molecular weight is 360 g/mol. The van der Waals surface area contributed by atoms with Gasteiger partial charge in [0.25, 0.3) is 5.56 Å². The summed E-state index contributed by atoms with van der Waals surface area (Å²) < 4.78 is 6.72. The molecular weight excluding hydrogens is 344 g/mol. The van der Waals surface area contributed by atoms with Crippen molar-refractivity contribution < 1.29 is 9.53 Å². The largest absolute Gasteiger partial charge is 0.459 e. The van der Waals surface area contributed by atoms with E-state index in [-0.39, 0.29) is 23.9 Å². The van der Waals surface area contributed by atoms with E-state index in [2.05, 4.69) is 4.98 Å². The lowest BCUT2D eigenvalue weighted by Crippen LogP contribution is -2.15. The molecule has 0 spiro atoms. The molecule has 0 aliphatic carbocycles. The maximum Gasteiger partial charge on any atom is 0.316 e. The topological polar surface area (TPSA) is 60.7 Å². The van der Waals surface area contributed by atoms with Gasteiger partial charge in [-0.3, -0.25) is 14.0 Å². The number of esters is 1. The van der Waals surface area contributed by atoms with E-state index in [1.807, 2.05) is 38.1 Å². The summed E-state index contributed by atoms with van der Waals surface area (Å²) in [7, 11) is 0. The van der Waals surface area contributed by atoms with Crippen LogP contribution in [0.4, 0.5) is 0 Å². The number of ether oxygens (including phenoxy) is 1. The summed E-state index contributed by atoms with van der Waals surface area (Å²) in [6, 6.07) is 9.36. The summed E-state index contributed by atoms with van der Waals surface area (Å²) in [5, 5.41) is 0. The van der Waals surface area contributed by atoms with Crippen molar-refractivity contribution in [2.24, 2.45) is 0 Å². The summed E-state index contributed by atoms with van der Waals surface area (Å²) >= 11 is 2.85. The Bertz CT molecular complexity index is 929. The highest BCUT2D eigenvalue weighted by atomic mass is 32.2. The Kier molecular flexibility index (Phi) is 5.01. The third-order valence-corrected chi connectivity index (χ3v) is 5.18. The number of thiazole rings is 1. The third-order valence-electron chi connectivity index (χ3n) is 3.29. The monoisotopic (exact) mass is 360 g/mol. The Balaban J connectivity index is 1.58. The van der Waals surface area contributed by atoms with Crippen molar-refractivity contribution in [1.29, 1.82) is 0 Å². The van der Waals surface area contributed by atoms with Crippen molar-refractivity contribution in [1.82, 2.24) is 9.38 Å². The number of aromatic nitrogens is 2. The van der Waals surface area contributed by atoms with Gasteiger partial charge in [-0.2, -0.15) is 0 Å². The van der Waals surface area contributed by atoms with Crippen molar-refractivity contribution in [2.75, 3.05) is 5.75 Å². The van der Waals surface area contributed by atoms with Crippen molar-refractivity contribution in [3.8, 4) is 0 Å². The molecule has 0 atom stereocenters. The molecule has 0 aliphatic rings. The van der Waals surface area contributed by atoms with Crippen molar-refractivity contribution in [2.45, 2.75) is 25.3 Å². The molecule has 2 aromatic heterocycles. The Morgan fingerprint density at radius 1 is 1.29 bits per heavy atom. The van der Waals surface area contributed by atoms with E-state index in [4.69, 9.17) is 4.74 Å². The quantitative estimate of drug-likeness (QED) is 0.516. The fourth-order valence-corrected chi connectivity index (χ4v) is 3.65. The van der Waals surface area contributed by atoms with Crippen LogP contribution in [0.5, 0.6) is 0 Å². The SMILES string of the molecule is Cc1ccc(SCC(=O)OCc2cc(=O)n3cc(C)sc3n2)cc1. The molecule has 3 aromatic rings. The van der Waals surface area contributed by atoms with Crippen molar-refractivity contribution in [3.63, 3.8) is 0 Å². The molecule has 0 saturated carbocycles. The summed E-state index contributed by atoms with van der Waals surface area (Å²) in [4.78, 5) is 30.8. The zero-order valence-electron chi connectivity index (χ0n) is 13.3. The van der Waals surface area contributed by atoms with Gasteiger partial charge in [0.1, 0.15) is 6.61 Å². The first-order chi connectivity index (χ1) is 11.5. The summed E-state index contributed by atoms with van der Waals surface area (Å²) in [6.45, 7) is 3.95. The highest BCUT2D eigenvalue weighted by Crippen LogP contribution is 2.18. The minimum atomic E-state index is -0.329. The first-order valence-electron chi connectivity index (χ1n) is 7.35. The summed E-state index contributed by atoms with van der Waals surface area (Å²) in [5.74, 6) is -0.104. The van der Waals surface area contributed by atoms with E-state index in [1.54, 1.807) is 6.20 Å². The number of rotatable bonds is 5. The van der Waals surface area contributed by atoms with Crippen LogP contribution in [0.25, 0.3) is 4.96 Å². The molecule has 7 heteroatoms. The summed E-state index contributed by atoms with van der Waals surface area (Å²) in [6.07, 6.45) is 1.75. The predicted molar refractivity (Wildman–Crippen MR) is 95.8 cm³/mol. The highest BCUT2D eigenvalue weighted by molar-refractivity contribution is 8.00. The highest BCUT2D eigenvalue weighted by Gasteiger charge is 2.09. The van der Waals surface area contributed by atoms with Gasteiger partial charge in [0.05, 0.1) is 11.4 Å². The Morgan fingerprint density at radius 2 is 2.04 bits per heavy atom. The van der Waals surface area contributed by atoms with Gasteiger partial charge in [-0.15, -0.1) is 23.1 Å². The van der Waals surface area contributed by atoms with Gasteiger partial charge in [0.2, 0.25) is 0 Å². The van der Waals surface area contributed by atoms with E-state index in [1.165, 1.54) is 39.1 Å². The molecule has 3 rings (SSSR count). The van der Waals surface area contributed by atoms with E-state index in [9.17, 15) is 9.59 Å². The number of carbonyl (C=O) groups excluding carboxylic acids is 1. The molecule has 124 valence electrons. The number of hydrogen-bond donors (Lipinski definition) is 0. The lowest BCUT2D eigenvalue weighted by Gasteiger charge is -2.05. The smallest absolute Gasteiger partial charge is 0.316 e. The van der Waals surface area contributed by atoms with Crippen LogP contribution in [0.1, 0.15) is 16.1 Å². The fourth-order valence-electron chi connectivity index (χ4n) is 2.11. The molecule has 0 unspecified atom stereocenters. The third kappa shape index (κ3) is 4.04. The molecule has 1 aromatic carbocycles. The maximum atomic E-state index is 12.0. The van der Waals surface area contributed by atoms with E-state index < -0.39 is 0 Å². The van der Waals surface area contributed by atoms with Gasteiger partial charge < -0.3 is 4.74 Å². The van der Waals surface area contributed by atoms with Gasteiger partial charge in [0.15, 0.2) is 4.96 Å². The number of nitrogens with zero attached hydrogens (tertiary/aromatic N) is 2. The van der Waals surface area contributed by atoms with E-state index >= 15 is 0 Å². The molecule has 0 amide bonds. The molecule has 0 fully saturated rings. The molecule has 2 heterocycles. The second-order valence-electron chi connectivity index (χ2n) is 5.34. The van der Waals surface area contributed by atoms with E-state index in [0.29, 0.717) is 10.7 Å². The Hall–Kier alpha value is -2.12. The van der Waals surface area contributed by atoms with Crippen LogP contribution in [-0.2, 0) is 16.1 Å². The van der Waals surface area contributed by atoms with Crippen LogP contribution in [0, 0.1) is 13.8 Å². The standard InChI is InChI=1S/C17H16N2O3S2/c1-11-3-5-14(6-4-11)23-10-16(21)22-9-13-7-15(20)19-8-12(2)24-17(19)18-13/h3-8H,9-10H2,1-2H3. The molecule has 0 radical (unpaired) electrons. The molecular formula is C17H16N2O3S2. The zero-order valence-corrected chi connectivity index (χ0v) is 14.9. The van der Waals surface area contributed by atoms with Gasteiger partial charge in [-0.25, -0.2) is 4.98 Å². The fraction of sp³-hybridized carbons (Fsp3) is 0.235. The number of benzene rings is 1. The molecule has 5 nitrogen and oxygen atoms in total. The molecule has 0 saturated heterocycles. The number of fused-ring (bicyclic) bond motifs is 1. The molecule has 0 aliphatic heterocycles. The molecule has 24 heavy (non-hydrogen) atoms. The maximum absolute atomic E-state index is 12.0. The molecule has 0 bridgehead atoms. The van der Waals surface area contributed by atoms with Gasteiger partial charge in [-0.1, -0.05) is 17.7 Å². The van der Waals surface area contributed by atoms with Crippen molar-refractivity contribution >= 4 is 34.0 Å². The van der Waals surface area contributed by atoms with Crippen LogP contribution < -0.4 is 5.56 Å². The van der Waals surface area contributed by atoms with Crippen LogP contribution in [0.2, 0.25) is 0 Å². The van der Waals surface area contributed by atoms with Crippen LogP contribution in [0.15, 0.2) is 46.2 Å². The average Bonchev–Trinajstić information content (AvgIpc) is 2.93. The number of thioether (sulfide) groups is 1. The Morgan fingerprint density at radius 3 is 2.79 bits per heavy atom. The van der Waals surface area contributed by atoms with Crippen LogP contribution in [-0.4, -0.2) is 21.1 Å².